The zero-order chi connectivity index (χ0) is 18.5. The van der Waals surface area contributed by atoms with Gasteiger partial charge in [0, 0.05) is 23.0 Å². The van der Waals surface area contributed by atoms with Crippen molar-refractivity contribution < 1.29 is 4.79 Å². The van der Waals surface area contributed by atoms with Crippen LogP contribution in [0, 0.1) is 0 Å². The molecule has 3 aromatic rings. The van der Waals surface area contributed by atoms with E-state index in [1.54, 1.807) is 24.5 Å². The van der Waals surface area contributed by atoms with E-state index < -0.39 is 0 Å². The lowest BCUT2D eigenvalue weighted by molar-refractivity contribution is -0.119. The normalized spacial score (nSPS) is 11.9. The van der Waals surface area contributed by atoms with Crippen molar-refractivity contribution in [2.24, 2.45) is 0 Å². The summed E-state index contributed by atoms with van der Waals surface area (Å²) in [5.41, 5.74) is 1.70. The topological polar surface area (TPSA) is 98.7 Å². The Morgan fingerprint density at radius 2 is 2.19 bits per heavy atom. The molecule has 134 valence electrons. The summed E-state index contributed by atoms with van der Waals surface area (Å²) in [6.45, 7) is 1.90. The summed E-state index contributed by atoms with van der Waals surface area (Å²) in [6.07, 6.45) is 3.32. The van der Waals surface area contributed by atoms with Crippen LogP contribution in [0.4, 0.5) is 0 Å². The molecule has 0 fully saturated rings. The second-order valence-electron chi connectivity index (χ2n) is 5.55. The van der Waals surface area contributed by atoms with Crippen LogP contribution >= 0.6 is 23.4 Å². The minimum Gasteiger partial charge on any atom is -0.349 e. The molecule has 1 atom stereocenters. The summed E-state index contributed by atoms with van der Waals surface area (Å²) in [6, 6.07) is 10.9. The van der Waals surface area contributed by atoms with Gasteiger partial charge in [-0.25, -0.2) is 4.68 Å². The maximum atomic E-state index is 12.2. The number of carbonyl (C=O) groups is 1. The van der Waals surface area contributed by atoms with E-state index in [9.17, 15) is 4.79 Å². The van der Waals surface area contributed by atoms with Crippen LogP contribution < -0.4 is 11.2 Å². The van der Waals surface area contributed by atoms with Gasteiger partial charge in [-0.3, -0.25) is 9.78 Å². The molecule has 0 aliphatic heterocycles. The predicted molar refractivity (Wildman–Crippen MR) is 102 cm³/mol. The van der Waals surface area contributed by atoms with Crippen LogP contribution in [-0.2, 0) is 4.79 Å². The number of nitrogens with two attached hydrogens (primary N) is 1. The maximum absolute atomic E-state index is 12.2. The Morgan fingerprint density at radius 3 is 2.92 bits per heavy atom. The molecule has 0 radical (unpaired) electrons. The zero-order valence-corrected chi connectivity index (χ0v) is 15.5. The zero-order valence-electron chi connectivity index (χ0n) is 14.0. The molecule has 0 aliphatic carbocycles. The average Bonchev–Trinajstić information content (AvgIpc) is 3.01. The summed E-state index contributed by atoms with van der Waals surface area (Å²) in [5.74, 6) is 6.56. The third kappa shape index (κ3) is 4.33. The van der Waals surface area contributed by atoms with Crippen LogP contribution in [0.1, 0.15) is 18.5 Å². The van der Waals surface area contributed by atoms with Crippen molar-refractivity contribution >= 4 is 29.3 Å². The standard InChI is InChI=1S/C17H17ClN6OS/c1-11(12-4-2-6-14(18)8-12)21-15(25)10-26-17-23-22-16(24(17)19)13-5-3-7-20-9-13/h2-9,11H,10,19H2,1H3,(H,21,25)/t11-/m0/s1. The van der Waals surface area contributed by atoms with Gasteiger partial charge in [-0.2, -0.15) is 0 Å². The number of benzene rings is 1. The van der Waals surface area contributed by atoms with Gasteiger partial charge in [0.05, 0.1) is 11.8 Å². The molecule has 0 bridgehead atoms. The van der Waals surface area contributed by atoms with Gasteiger partial charge in [0.25, 0.3) is 0 Å². The Labute approximate surface area is 159 Å². The van der Waals surface area contributed by atoms with E-state index in [0.717, 1.165) is 11.1 Å². The fourth-order valence-corrected chi connectivity index (χ4v) is 3.21. The Kier molecular flexibility index (Phi) is 5.75. The second-order valence-corrected chi connectivity index (χ2v) is 6.93. The Hall–Kier alpha value is -2.58. The van der Waals surface area contributed by atoms with Crippen LogP contribution in [0.5, 0.6) is 0 Å². The molecule has 26 heavy (non-hydrogen) atoms. The van der Waals surface area contributed by atoms with Crippen LogP contribution in [0.2, 0.25) is 5.02 Å². The maximum Gasteiger partial charge on any atom is 0.230 e. The molecule has 0 spiro atoms. The molecule has 2 heterocycles. The van der Waals surface area contributed by atoms with Gasteiger partial charge >= 0.3 is 0 Å². The lowest BCUT2D eigenvalue weighted by Crippen LogP contribution is -2.28. The molecular formula is C17H17ClN6OS. The number of halogens is 1. The monoisotopic (exact) mass is 388 g/mol. The number of nitrogens with one attached hydrogen (secondary N) is 1. The van der Waals surface area contributed by atoms with E-state index in [4.69, 9.17) is 17.4 Å². The van der Waals surface area contributed by atoms with Crippen LogP contribution in [0.25, 0.3) is 11.4 Å². The van der Waals surface area contributed by atoms with Crippen molar-refractivity contribution in [1.29, 1.82) is 0 Å². The first-order chi connectivity index (χ1) is 12.5. The second kappa shape index (κ2) is 8.20. The summed E-state index contributed by atoms with van der Waals surface area (Å²) in [4.78, 5) is 16.2. The molecule has 9 heteroatoms. The number of thioether (sulfide) groups is 1. The van der Waals surface area contributed by atoms with Crippen molar-refractivity contribution in [1.82, 2.24) is 25.2 Å². The highest BCUT2D eigenvalue weighted by Crippen LogP contribution is 2.21. The number of pyridine rings is 1. The van der Waals surface area contributed by atoms with Crippen molar-refractivity contribution in [3.8, 4) is 11.4 Å². The van der Waals surface area contributed by atoms with E-state index in [1.807, 2.05) is 31.2 Å². The first-order valence-corrected chi connectivity index (χ1v) is 9.19. The van der Waals surface area contributed by atoms with E-state index in [1.165, 1.54) is 16.4 Å². The molecule has 2 aromatic heterocycles. The van der Waals surface area contributed by atoms with Crippen molar-refractivity contribution in [2.75, 3.05) is 11.6 Å². The quantitative estimate of drug-likeness (QED) is 0.497. The summed E-state index contributed by atoms with van der Waals surface area (Å²) in [7, 11) is 0. The molecule has 0 aliphatic rings. The molecule has 3 rings (SSSR count). The summed E-state index contributed by atoms with van der Waals surface area (Å²) < 4.78 is 1.36. The van der Waals surface area contributed by atoms with Crippen molar-refractivity contribution in [3.05, 3.63) is 59.4 Å². The number of aromatic nitrogens is 4. The predicted octanol–water partition coefficient (Wildman–Crippen LogP) is 2.68. The van der Waals surface area contributed by atoms with Gasteiger partial charge in [-0.1, -0.05) is 35.5 Å². The lowest BCUT2D eigenvalue weighted by Gasteiger charge is -2.14. The largest absolute Gasteiger partial charge is 0.349 e. The fourth-order valence-electron chi connectivity index (χ4n) is 2.34. The number of hydrogen-bond acceptors (Lipinski definition) is 6. The van der Waals surface area contributed by atoms with Crippen molar-refractivity contribution in [2.45, 2.75) is 18.1 Å². The van der Waals surface area contributed by atoms with Gasteiger partial charge < -0.3 is 11.2 Å². The third-order valence-electron chi connectivity index (χ3n) is 3.64. The number of nitrogen functional groups attached to an aromatic ring is 1. The first-order valence-electron chi connectivity index (χ1n) is 7.83. The van der Waals surface area contributed by atoms with Gasteiger partial charge in [-0.15, -0.1) is 10.2 Å². The number of rotatable bonds is 6. The minimum atomic E-state index is -0.150. The number of nitrogens with zero attached hydrogens (tertiary/aromatic N) is 4. The van der Waals surface area contributed by atoms with E-state index in [-0.39, 0.29) is 17.7 Å². The van der Waals surface area contributed by atoms with E-state index in [2.05, 4.69) is 20.5 Å². The third-order valence-corrected chi connectivity index (χ3v) is 4.82. The highest BCUT2D eigenvalue weighted by molar-refractivity contribution is 7.99. The average molecular weight is 389 g/mol. The minimum absolute atomic E-state index is 0.131. The smallest absolute Gasteiger partial charge is 0.230 e. The Balaban J connectivity index is 1.59. The molecule has 3 N–H and O–H groups in total. The Bertz CT molecular complexity index is 901. The Morgan fingerprint density at radius 1 is 1.35 bits per heavy atom. The van der Waals surface area contributed by atoms with E-state index in [0.29, 0.717) is 16.0 Å². The molecule has 1 aromatic carbocycles. The number of hydrogen-bond donors (Lipinski definition) is 2. The highest BCUT2D eigenvalue weighted by atomic mass is 35.5. The molecule has 0 unspecified atom stereocenters. The van der Waals surface area contributed by atoms with Gasteiger partial charge in [0.2, 0.25) is 11.1 Å². The molecular weight excluding hydrogens is 372 g/mol. The van der Waals surface area contributed by atoms with Crippen LogP contribution in [0.15, 0.2) is 53.9 Å². The molecule has 0 saturated carbocycles. The first kappa shape index (κ1) is 18.2. The lowest BCUT2D eigenvalue weighted by atomic mass is 10.1. The van der Waals surface area contributed by atoms with E-state index >= 15 is 0 Å². The van der Waals surface area contributed by atoms with Gasteiger partial charge in [0.15, 0.2) is 5.82 Å². The van der Waals surface area contributed by atoms with Gasteiger partial charge in [-0.05, 0) is 36.8 Å². The number of carbonyl (C=O) groups excluding carboxylic acids is 1. The van der Waals surface area contributed by atoms with Crippen LogP contribution in [-0.4, -0.2) is 31.5 Å². The molecule has 1 amide bonds. The summed E-state index contributed by atoms with van der Waals surface area (Å²) in [5, 5.41) is 12.1. The molecule has 0 saturated heterocycles. The summed E-state index contributed by atoms with van der Waals surface area (Å²) >= 11 is 7.20. The molecule has 7 nitrogen and oxygen atoms in total. The fraction of sp³-hybridized carbons (Fsp3) is 0.176. The van der Waals surface area contributed by atoms with Gasteiger partial charge in [0.1, 0.15) is 0 Å². The van der Waals surface area contributed by atoms with Crippen LogP contribution in [0.3, 0.4) is 0 Å². The highest BCUT2D eigenvalue weighted by Gasteiger charge is 2.15. The SMILES string of the molecule is C[C@H](NC(=O)CSc1nnc(-c2cccnc2)n1N)c1cccc(Cl)c1. The van der Waals surface area contributed by atoms with Crippen molar-refractivity contribution in [3.63, 3.8) is 0 Å². The number of amides is 1.